The van der Waals surface area contributed by atoms with Gasteiger partial charge in [-0.3, -0.25) is 0 Å². The van der Waals surface area contributed by atoms with Crippen LogP contribution in [0.1, 0.15) is 0 Å². The van der Waals surface area contributed by atoms with Crippen LogP contribution in [0.15, 0.2) is 67.0 Å². The number of ether oxygens (including phenoxy) is 1. The summed E-state index contributed by atoms with van der Waals surface area (Å²) in [5, 5.41) is 3.19. The monoisotopic (exact) mass is 277 g/mol. The zero-order valence-electron chi connectivity index (χ0n) is 11.7. The Balaban J connectivity index is 1.85. The molecule has 3 rings (SSSR count). The van der Waals surface area contributed by atoms with Crippen LogP contribution in [0.2, 0.25) is 0 Å². The fourth-order valence-corrected chi connectivity index (χ4v) is 2.03. The van der Waals surface area contributed by atoms with Gasteiger partial charge in [-0.05, 0) is 47.5 Å². The molecule has 0 saturated carbocycles. The normalized spacial score (nSPS) is 10.1. The van der Waals surface area contributed by atoms with Crippen molar-refractivity contribution in [1.29, 1.82) is 0 Å². The minimum Gasteiger partial charge on any atom is -0.497 e. The molecule has 0 bridgehead atoms. The minimum absolute atomic E-state index is 0.766. The highest BCUT2D eigenvalue weighted by molar-refractivity contribution is 5.68. The van der Waals surface area contributed by atoms with E-state index in [9.17, 15) is 0 Å². The molecule has 0 unspecified atom stereocenters. The summed E-state index contributed by atoms with van der Waals surface area (Å²) in [5.74, 6) is 2.39. The minimum atomic E-state index is 0.766. The van der Waals surface area contributed by atoms with E-state index < -0.39 is 0 Å². The lowest BCUT2D eigenvalue weighted by atomic mass is 10.1. The first-order chi connectivity index (χ1) is 10.3. The molecule has 0 radical (unpaired) electrons. The van der Waals surface area contributed by atoms with E-state index in [0.29, 0.717) is 0 Å². The lowest BCUT2D eigenvalue weighted by Crippen LogP contribution is -1.95. The van der Waals surface area contributed by atoms with E-state index in [0.717, 1.165) is 28.5 Å². The van der Waals surface area contributed by atoms with E-state index in [1.807, 2.05) is 54.6 Å². The van der Waals surface area contributed by atoms with Gasteiger partial charge in [-0.25, -0.2) is 9.97 Å². The van der Waals surface area contributed by atoms with Crippen LogP contribution in [-0.4, -0.2) is 17.1 Å². The number of rotatable bonds is 4. The van der Waals surface area contributed by atoms with Crippen molar-refractivity contribution in [3.05, 3.63) is 67.0 Å². The summed E-state index contributed by atoms with van der Waals surface area (Å²) < 4.78 is 5.17. The first kappa shape index (κ1) is 13.1. The summed E-state index contributed by atoms with van der Waals surface area (Å²) in [6.45, 7) is 0. The maximum atomic E-state index is 5.17. The van der Waals surface area contributed by atoms with Crippen molar-refractivity contribution in [2.45, 2.75) is 0 Å². The Bertz CT molecular complexity index is 712. The number of hydrogen-bond donors (Lipinski definition) is 1. The smallest absolute Gasteiger partial charge is 0.132 e. The second kappa shape index (κ2) is 6.05. The van der Waals surface area contributed by atoms with Crippen molar-refractivity contribution in [2.75, 3.05) is 12.4 Å². The van der Waals surface area contributed by atoms with Gasteiger partial charge in [0, 0.05) is 12.4 Å². The van der Waals surface area contributed by atoms with Crippen molar-refractivity contribution in [3.63, 3.8) is 0 Å². The topological polar surface area (TPSA) is 47.0 Å². The van der Waals surface area contributed by atoms with Gasteiger partial charge in [0.1, 0.15) is 17.4 Å². The zero-order chi connectivity index (χ0) is 14.5. The van der Waals surface area contributed by atoms with Crippen molar-refractivity contribution >= 4 is 11.6 Å². The number of methoxy groups -OCH3 is 1. The summed E-state index contributed by atoms with van der Waals surface area (Å²) in [4.78, 5) is 8.55. The lowest BCUT2D eigenvalue weighted by Gasteiger charge is -2.07. The van der Waals surface area contributed by atoms with Gasteiger partial charge in [0.15, 0.2) is 0 Å². The third-order valence-corrected chi connectivity index (χ3v) is 3.10. The average molecular weight is 277 g/mol. The first-order valence-electron chi connectivity index (χ1n) is 6.64. The molecule has 4 nitrogen and oxygen atoms in total. The van der Waals surface area contributed by atoms with Crippen LogP contribution in [0, 0.1) is 0 Å². The number of pyridine rings is 2. The third-order valence-electron chi connectivity index (χ3n) is 3.10. The van der Waals surface area contributed by atoms with Crippen LogP contribution < -0.4 is 10.1 Å². The Morgan fingerprint density at radius 1 is 0.810 bits per heavy atom. The highest BCUT2D eigenvalue weighted by atomic mass is 16.5. The number of benzene rings is 1. The number of nitrogens with one attached hydrogen (secondary N) is 1. The Kier molecular flexibility index (Phi) is 3.78. The van der Waals surface area contributed by atoms with Gasteiger partial charge in [-0.15, -0.1) is 0 Å². The third kappa shape index (κ3) is 3.17. The molecule has 2 heterocycles. The molecule has 0 fully saturated rings. The molecule has 2 aromatic heterocycles. The first-order valence-corrected chi connectivity index (χ1v) is 6.64. The molecular formula is C17H15N3O. The van der Waals surface area contributed by atoms with Gasteiger partial charge >= 0.3 is 0 Å². The Morgan fingerprint density at radius 3 is 2.33 bits per heavy atom. The maximum Gasteiger partial charge on any atom is 0.132 e. The van der Waals surface area contributed by atoms with Gasteiger partial charge < -0.3 is 10.1 Å². The van der Waals surface area contributed by atoms with Crippen LogP contribution in [0.5, 0.6) is 5.75 Å². The molecule has 0 aliphatic carbocycles. The van der Waals surface area contributed by atoms with E-state index in [1.165, 1.54) is 0 Å². The molecule has 0 amide bonds. The van der Waals surface area contributed by atoms with Crippen molar-refractivity contribution in [3.8, 4) is 16.9 Å². The van der Waals surface area contributed by atoms with Crippen LogP contribution in [0.3, 0.4) is 0 Å². The SMILES string of the molecule is COc1ccc(-c2ccnc(Nc3ccccn3)c2)cc1. The molecule has 0 saturated heterocycles. The zero-order valence-corrected chi connectivity index (χ0v) is 11.7. The molecule has 0 aliphatic rings. The second-order valence-electron chi connectivity index (χ2n) is 4.50. The molecule has 21 heavy (non-hydrogen) atoms. The van der Waals surface area contributed by atoms with Crippen molar-refractivity contribution in [1.82, 2.24) is 9.97 Å². The fraction of sp³-hybridized carbons (Fsp3) is 0.0588. The predicted octanol–water partition coefficient (Wildman–Crippen LogP) is 3.90. The number of nitrogens with zero attached hydrogens (tertiary/aromatic N) is 2. The van der Waals surface area contributed by atoms with E-state index in [4.69, 9.17) is 4.74 Å². The summed E-state index contributed by atoms with van der Waals surface area (Å²) in [7, 11) is 1.66. The molecule has 0 spiro atoms. The number of hydrogen-bond acceptors (Lipinski definition) is 4. The van der Waals surface area contributed by atoms with Gasteiger partial charge in [0.05, 0.1) is 7.11 Å². The van der Waals surface area contributed by atoms with Crippen molar-refractivity contribution < 1.29 is 4.74 Å². The van der Waals surface area contributed by atoms with E-state index >= 15 is 0 Å². The molecule has 3 aromatic rings. The highest BCUT2D eigenvalue weighted by Crippen LogP contribution is 2.24. The standard InChI is InChI=1S/C17H15N3O/c1-21-15-7-5-13(6-8-15)14-9-11-19-17(12-14)20-16-4-2-3-10-18-16/h2-12H,1H3,(H,18,19,20). The van der Waals surface area contributed by atoms with Crippen molar-refractivity contribution in [2.24, 2.45) is 0 Å². The molecule has 1 N–H and O–H groups in total. The second-order valence-corrected chi connectivity index (χ2v) is 4.50. The summed E-state index contributed by atoms with van der Waals surface area (Å²) in [6, 6.07) is 17.6. The molecule has 4 heteroatoms. The van der Waals surface area contributed by atoms with Crippen LogP contribution in [0.4, 0.5) is 11.6 Å². The summed E-state index contributed by atoms with van der Waals surface area (Å²) >= 11 is 0. The summed E-state index contributed by atoms with van der Waals surface area (Å²) in [6.07, 6.45) is 3.53. The average Bonchev–Trinajstić information content (AvgIpc) is 2.56. The number of anilines is 2. The van der Waals surface area contributed by atoms with Crippen LogP contribution >= 0.6 is 0 Å². The van der Waals surface area contributed by atoms with Gasteiger partial charge in [-0.2, -0.15) is 0 Å². The maximum absolute atomic E-state index is 5.17. The van der Waals surface area contributed by atoms with Crippen LogP contribution in [-0.2, 0) is 0 Å². The van der Waals surface area contributed by atoms with Gasteiger partial charge in [0.2, 0.25) is 0 Å². The Morgan fingerprint density at radius 2 is 1.62 bits per heavy atom. The summed E-state index contributed by atoms with van der Waals surface area (Å²) in [5.41, 5.74) is 2.20. The molecule has 0 aliphatic heterocycles. The largest absolute Gasteiger partial charge is 0.497 e. The lowest BCUT2D eigenvalue weighted by molar-refractivity contribution is 0.415. The Labute approximate surface area is 123 Å². The van der Waals surface area contributed by atoms with E-state index in [2.05, 4.69) is 15.3 Å². The van der Waals surface area contributed by atoms with E-state index in [1.54, 1.807) is 19.5 Å². The van der Waals surface area contributed by atoms with E-state index in [-0.39, 0.29) is 0 Å². The predicted molar refractivity (Wildman–Crippen MR) is 83.7 cm³/mol. The number of aromatic nitrogens is 2. The molecular weight excluding hydrogens is 262 g/mol. The quantitative estimate of drug-likeness (QED) is 0.785. The van der Waals surface area contributed by atoms with Crippen LogP contribution in [0.25, 0.3) is 11.1 Å². The highest BCUT2D eigenvalue weighted by Gasteiger charge is 2.02. The fourth-order valence-electron chi connectivity index (χ4n) is 2.03. The molecule has 104 valence electrons. The molecule has 0 atom stereocenters. The molecule has 1 aromatic carbocycles. The van der Waals surface area contributed by atoms with Gasteiger partial charge in [0.25, 0.3) is 0 Å². The van der Waals surface area contributed by atoms with Gasteiger partial charge in [-0.1, -0.05) is 18.2 Å². The Hall–Kier alpha value is -2.88.